The summed E-state index contributed by atoms with van der Waals surface area (Å²) in [6.07, 6.45) is 0.701. The van der Waals surface area contributed by atoms with Gasteiger partial charge in [-0.1, -0.05) is 48.5 Å². The second-order valence-corrected chi connectivity index (χ2v) is 8.49. The third-order valence-corrected chi connectivity index (χ3v) is 4.78. The van der Waals surface area contributed by atoms with Crippen LogP contribution in [0.25, 0.3) is 11.1 Å². The van der Waals surface area contributed by atoms with Crippen LogP contribution in [-0.4, -0.2) is 43.8 Å². The van der Waals surface area contributed by atoms with Crippen LogP contribution in [0.1, 0.15) is 38.3 Å². The van der Waals surface area contributed by atoms with Crippen molar-refractivity contribution in [2.24, 2.45) is 0 Å². The highest BCUT2D eigenvalue weighted by Gasteiger charge is 2.24. The van der Waals surface area contributed by atoms with Crippen LogP contribution in [0.15, 0.2) is 48.5 Å². The zero-order chi connectivity index (χ0) is 23.7. The van der Waals surface area contributed by atoms with Crippen LogP contribution in [-0.2, 0) is 31.9 Å². The van der Waals surface area contributed by atoms with Crippen molar-refractivity contribution >= 4 is 18.0 Å². The van der Waals surface area contributed by atoms with Crippen molar-refractivity contribution in [1.29, 1.82) is 0 Å². The Bertz CT molecular complexity index is 915. The van der Waals surface area contributed by atoms with E-state index in [1.807, 2.05) is 48.5 Å². The summed E-state index contributed by atoms with van der Waals surface area (Å²) in [7, 11) is 2.92. The van der Waals surface area contributed by atoms with Crippen molar-refractivity contribution in [3.05, 3.63) is 59.7 Å². The van der Waals surface area contributed by atoms with Gasteiger partial charge >= 0.3 is 12.1 Å². The molecule has 1 atom stereocenters. The summed E-state index contributed by atoms with van der Waals surface area (Å²) in [6, 6.07) is 15.1. The van der Waals surface area contributed by atoms with Gasteiger partial charge in [0.2, 0.25) is 5.91 Å². The largest absolute Gasteiger partial charge is 0.469 e. The van der Waals surface area contributed by atoms with Crippen molar-refractivity contribution < 1.29 is 23.9 Å². The summed E-state index contributed by atoms with van der Waals surface area (Å²) in [5, 5.41) is 5.22. The SMILES string of the molecule is CNC(=O)C(Cc1ccc(-c2ccc(CCC(=O)OC)cc2)cc1)NC(=O)OC(C)(C)C. The van der Waals surface area contributed by atoms with Crippen LogP contribution < -0.4 is 10.6 Å². The second kappa shape index (κ2) is 11.3. The topological polar surface area (TPSA) is 93.7 Å². The molecule has 0 fully saturated rings. The van der Waals surface area contributed by atoms with Crippen molar-refractivity contribution in [3.8, 4) is 11.1 Å². The zero-order valence-electron chi connectivity index (χ0n) is 19.4. The maximum absolute atomic E-state index is 12.2. The molecule has 0 saturated carbocycles. The number of amides is 2. The van der Waals surface area contributed by atoms with Crippen molar-refractivity contribution in [3.63, 3.8) is 0 Å². The summed E-state index contributed by atoms with van der Waals surface area (Å²) in [4.78, 5) is 35.6. The molecule has 2 rings (SSSR count). The molecule has 7 nitrogen and oxygen atoms in total. The Morgan fingerprint density at radius 2 is 1.44 bits per heavy atom. The minimum Gasteiger partial charge on any atom is -0.469 e. The molecule has 0 aromatic heterocycles. The van der Waals surface area contributed by atoms with Gasteiger partial charge in [0.1, 0.15) is 11.6 Å². The van der Waals surface area contributed by atoms with Crippen LogP contribution in [0.3, 0.4) is 0 Å². The Morgan fingerprint density at radius 1 is 0.906 bits per heavy atom. The lowest BCUT2D eigenvalue weighted by molar-refractivity contribution is -0.140. The Hall–Kier alpha value is -3.35. The summed E-state index contributed by atoms with van der Waals surface area (Å²) >= 11 is 0. The monoisotopic (exact) mass is 440 g/mol. The van der Waals surface area contributed by atoms with Gasteiger partial charge in [-0.15, -0.1) is 0 Å². The van der Waals surface area contributed by atoms with Crippen molar-refractivity contribution in [2.45, 2.75) is 51.7 Å². The third kappa shape index (κ3) is 8.06. The molecule has 0 aliphatic heterocycles. The van der Waals surface area contributed by atoms with Gasteiger partial charge in [-0.2, -0.15) is 0 Å². The number of carbonyl (C=O) groups excluding carboxylic acids is 3. The van der Waals surface area contributed by atoms with E-state index in [1.54, 1.807) is 20.8 Å². The van der Waals surface area contributed by atoms with Gasteiger partial charge in [-0.3, -0.25) is 9.59 Å². The highest BCUT2D eigenvalue weighted by Crippen LogP contribution is 2.21. The predicted molar refractivity (Wildman–Crippen MR) is 123 cm³/mol. The Morgan fingerprint density at radius 3 is 1.91 bits per heavy atom. The molecular weight excluding hydrogens is 408 g/mol. The van der Waals surface area contributed by atoms with Gasteiger partial charge < -0.3 is 20.1 Å². The fourth-order valence-electron chi connectivity index (χ4n) is 3.11. The van der Waals surface area contributed by atoms with E-state index in [2.05, 4.69) is 15.4 Å². The van der Waals surface area contributed by atoms with E-state index in [4.69, 9.17) is 4.74 Å². The van der Waals surface area contributed by atoms with E-state index in [1.165, 1.54) is 14.2 Å². The molecule has 172 valence electrons. The summed E-state index contributed by atoms with van der Waals surface area (Å²) < 4.78 is 9.94. The lowest BCUT2D eigenvalue weighted by atomic mass is 9.99. The molecule has 0 radical (unpaired) electrons. The number of likely N-dealkylation sites (N-methyl/N-ethyl adjacent to an activating group) is 1. The molecule has 2 aromatic rings. The fraction of sp³-hybridized carbons (Fsp3) is 0.400. The third-order valence-electron chi connectivity index (χ3n) is 4.78. The Balaban J connectivity index is 2.04. The summed E-state index contributed by atoms with van der Waals surface area (Å²) in [6.45, 7) is 5.31. The number of benzene rings is 2. The van der Waals surface area contributed by atoms with Crippen molar-refractivity contribution in [1.82, 2.24) is 10.6 Å². The molecule has 0 saturated heterocycles. The molecule has 2 aromatic carbocycles. The minimum absolute atomic E-state index is 0.221. The molecular formula is C25H32N2O5. The number of ether oxygens (including phenoxy) is 2. The van der Waals surface area contributed by atoms with Gasteiger partial charge in [0.25, 0.3) is 0 Å². The van der Waals surface area contributed by atoms with Gasteiger partial charge in [0.15, 0.2) is 0 Å². The highest BCUT2D eigenvalue weighted by atomic mass is 16.6. The minimum atomic E-state index is -0.741. The number of esters is 1. The lowest BCUT2D eigenvalue weighted by Crippen LogP contribution is -2.48. The first-order valence-electron chi connectivity index (χ1n) is 10.6. The number of hydrogen-bond donors (Lipinski definition) is 2. The van der Waals surface area contributed by atoms with Crippen LogP contribution in [0, 0.1) is 0 Å². The van der Waals surface area contributed by atoms with E-state index in [0.717, 1.165) is 22.3 Å². The van der Waals surface area contributed by atoms with E-state index in [0.29, 0.717) is 19.3 Å². The average molecular weight is 441 g/mol. The average Bonchev–Trinajstić information content (AvgIpc) is 2.76. The number of hydrogen-bond acceptors (Lipinski definition) is 5. The zero-order valence-corrected chi connectivity index (χ0v) is 19.4. The number of aryl methyl sites for hydroxylation is 1. The highest BCUT2D eigenvalue weighted by molar-refractivity contribution is 5.85. The molecule has 1 unspecified atom stereocenters. The van der Waals surface area contributed by atoms with Gasteiger partial charge in [0, 0.05) is 19.9 Å². The van der Waals surface area contributed by atoms with Crippen LogP contribution in [0.2, 0.25) is 0 Å². The molecule has 32 heavy (non-hydrogen) atoms. The number of rotatable bonds is 8. The maximum atomic E-state index is 12.2. The molecule has 7 heteroatoms. The molecule has 0 aliphatic carbocycles. The number of nitrogens with one attached hydrogen (secondary N) is 2. The van der Waals surface area contributed by atoms with E-state index >= 15 is 0 Å². The molecule has 2 amide bonds. The number of alkyl carbamates (subject to hydrolysis) is 1. The Labute approximate surface area is 189 Å². The predicted octanol–water partition coefficient (Wildman–Crippen LogP) is 3.64. The molecule has 2 N–H and O–H groups in total. The van der Waals surface area contributed by atoms with Gasteiger partial charge in [-0.05, 0) is 49.4 Å². The van der Waals surface area contributed by atoms with Crippen LogP contribution in [0.5, 0.6) is 0 Å². The van der Waals surface area contributed by atoms with Crippen LogP contribution >= 0.6 is 0 Å². The van der Waals surface area contributed by atoms with Crippen LogP contribution in [0.4, 0.5) is 4.79 Å². The normalized spacial score (nSPS) is 11.9. The van der Waals surface area contributed by atoms with E-state index in [9.17, 15) is 14.4 Å². The lowest BCUT2D eigenvalue weighted by Gasteiger charge is -2.23. The number of methoxy groups -OCH3 is 1. The summed E-state index contributed by atoms with van der Waals surface area (Å²) in [5.74, 6) is -0.511. The molecule has 0 spiro atoms. The van der Waals surface area contributed by atoms with Gasteiger partial charge in [0.05, 0.1) is 7.11 Å². The first-order chi connectivity index (χ1) is 15.1. The molecule has 0 aliphatic rings. The fourth-order valence-corrected chi connectivity index (χ4v) is 3.11. The first-order valence-corrected chi connectivity index (χ1v) is 10.6. The van der Waals surface area contributed by atoms with Crippen molar-refractivity contribution in [2.75, 3.05) is 14.2 Å². The first kappa shape index (κ1) is 24.9. The Kier molecular flexibility index (Phi) is 8.81. The second-order valence-electron chi connectivity index (χ2n) is 8.49. The standard InChI is InChI=1S/C25H32N2O5/c1-25(2,3)32-24(30)27-21(23(29)26-4)16-18-8-13-20(14-9-18)19-11-6-17(7-12-19)10-15-22(28)31-5/h6-9,11-14,21H,10,15-16H2,1-5H3,(H,26,29)(H,27,30). The van der Waals surface area contributed by atoms with E-state index in [-0.39, 0.29) is 11.9 Å². The van der Waals surface area contributed by atoms with Gasteiger partial charge in [-0.25, -0.2) is 4.79 Å². The number of carbonyl (C=O) groups is 3. The van der Waals surface area contributed by atoms with E-state index < -0.39 is 17.7 Å². The maximum Gasteiger partial charge on any atom is 0.408 e. The molecule has 0 bridgehead atoms. The quantitative estimate of drug-likeness (QED) is 0.611. The summed E-state index contributed by atoms with van der Waals surface area (Å²) in [5.41, 5.74) is 3.41. The molecule has 0 heterocycles. The smallest absolute Gasteiger partial charge is 0.408 e.